The molecule has 0 aliphatic carbocycles. The van der Waals surface area contributed by atoms with E-state index in [0.29, 0.717) is 12.4 Å². The van der Waals surface area contributed by atoms with Crippen LogP contribution in [0.2, 0.25) is 0 Å². The molecule has 1 amide bonds. The molecule has 2 aromatic rings. The van der Waals surface area contributed by atoms with Gasteiger partial charge in [-0.15, -0.1) is 22.6 Å². The summed E-state index contributed by atoms with van der Waals surface area (Å²) in [6, 6.07) is 9.14. The van der Waals surface area contributed by atoms with Gasteiger partial charge in [-0.2, -0.15) is 4.80 Å². The topological polar surface area (TPSA) is 84.7 Å². The van der Waals surface area contributed by atoms with Crippen LogP contribution in [0.15, 0.2) is 30.3 Å². The van der Waals surface area contributed by atoms with E-state index < -0.39 is 6.04 Å². The minimum Gasteiger partial charge on any atom is -0.354 e. The smallest absolute Gasteiger partial charge is 0.246 e. The van der Waals surface area contributed by atoms with Gasteiger partial charge < -0.3 is 10.6 Å². The van der Waals surface area contributed by atoms with Crippen molar-refractivity contribution in [3.8, 4) is 11.4 Å². The molecule has 2 heterocycles. The van der Waals surface area contributed by atoms with Crippen molar-refractivity contribution < 1.29 is 4.79 Å². The van der Waals surface area contributed by atoms with E-state index in [1.54, 1.807) is 6.92 Å². The first-order chi connectivity index (χ1) is 11.6. The average Bonchev–Trinajstić information content (AvgIpc) is 3.10. The Kier molecular flexibility index (Phi) is 6.50. The summed E-state index contributed by atoms with van der Waals surface area (Å²) in [4.78, 5) is 13.8. The number of nitrogens with zero attached hydrogens (tertiary/aromatic N) is 4. The molecule has 1 fully saturated rings. The largest absolute Gasteiger partial charge is 0.354 e. The van der Waals surface area contributed by atoms with Gasteiger partial charge in [0.1, 0.15) is 6.04 Å². The lowest BCUT2D eigenvalue weighted by atomic mass is 9.81. The molecule has 0 bridgehead atoms. The minimum atomic E-state index is -0.486. The molecule has 1 aromatic carbocycles. The Morgan fingerprint density at radius 1 is 1.32 bits per heavy atom. The third-order valence-corrected chi connectivity index (χ3v) is 4.69. The van der Waals surface area contributed by atoms with Crippen molar-refractivity contribution in [2.45, 2.75) is 32.7 Å². The molecule has 1 aliphatic heterocycles. The van der Waals surface area contributed by atoms with Crippen molar-refractivity contribution in [1.29, 1.82) is 0 Å². The second-order valence-corrected chi connectivity index (χ2v) is 6.75. The summed E-state index contributed by atoms with van der Waals surface area (Å²) in [5.74, 6) is 0.451. The summed E-state index contributed by atoms with van der Waals surface area (Å²) in [5.41, 5.74) is 1.05. The van der Waals surface area contributed by atoms with E-state index in [1.807, 2.05) is 30.3 Å². The Labute approximate surface area is 154 Å². The lowest BCUT2D eigenvalue weighted by Gasteiger charge is -2.34. The molecule has 1 aliphatic rings. The van der Waals surface area contributed by atoms with Crippen LogP contribution in [-0.4, -0.2) is 45.7 Å². The third kappa shape index (κ3) is 4.76. The summed E-state index contributed by atoms with van der Waals surface area (Å²) in [6.45, 7) is 6.70. The van der Waals surface area contributed by atoms with Crippen LogP contribution >= 0.6 is 12.4 Å². The fourth-order valence-electron chi connectivity index (χ4n) is 2.85. The van der Waals surface area contributed by atoms with Crippen molar-refractivity contribution >= 4 is 18.3 Å². The first-order valence-electron chi connectivity index (χ1n) is 8.41. The van der Waals surface area contributed by atoms with Crippen molar-refractivity contribution in [1.82, 2.24) is 30.8 Å². The van der Waals surface area contributed by atoms with Crippen LogP contribution in [0.1, 0.15) is 32.7 Å². The van der Waals surface area contributed by atoms with E-state index in [0.717, 1.165) is 31.5 Å². The number of aromatic nitrogens is 4. The average molecular weight is 365 g/mol. The van der Waals surface area contributed by atoms with Gasteiger partial charge in [0.25, 0.3) is 0 Å². The molecule has 136 valence electrons. The highest BCUT2D eigenvalue weighted by Gasteiger charge is 2.28. The predicted octanol–water partition coefficient (Wildman–Crippen LogP) is 1.83. The van der Waals surface area contributed by atoms with Crippen molar-refractivity contribution in [3.63, 3.8) is 0 Å². The zero-order valence-electron chi connectivity index (χ0n) is 14.6. The molecular weight excluding hydrogens is 340 g/mol. The monoisotopic (exact) mass is 364 g/mol. The van der Waals surface area contributed by atoms with Crippen molar-refractivity contribution in [3.05, 3.63) is 30.3 Å². The number of tetrazole rings is 1. The molecule has 0 spiro atoms. The first-order valence-corrected chi connectivity index (χ1v) is 8.41. The number of carbonyl (C=O) groups is 1. The zero-order chi connectivity index (χ0) is 17.0. The van der Waals surface area contributed by atoms with Gasteiger partial charge in [0.15, 0.2) is 0 Å². The molecule has 1 saturated heterocycles. The molecule has 25 heavy (non-hydrogen) atoms. The zero-order valence-corrected chi connectivity index (χ0v) is 15.4. The molecule has 1 aromatic heterocycles. The number of halogens is 1. The number of nitrogens with one attached hydrogen (secondary N) is 2. The Bertz CT molecular complexity index is 683. The van der Waals surface area contributed by atoms with Gasteiger partial charge in [-0.1, -0.05) is 37.3 Å². The molecule has 0 saturated carbocycles. The maximum absolute atomic E-state index is 12.4. The van der Waals surface area contributed by atoms with Crippen LogP contribution in [-0.2, 0) is 4.79 Å². The van der Waals surface area contributed by atoms with E-state index in [4.69, 9.17) is 0 Å². The highest BCUT2D eigenvalue weighted by Crippen LogP contribution is 2.26. The molecule has 1 unspecified atom stereocenters. The highest BCUT2D eigenvalue weighted by molar-refractivity contribution is 5.85. The molecule has 1 atom stereocenters. The molecule has 2 N–H and O–H groups in total. The van der Waals surface area contributed by atoms with Gasteiger partial charge in [-0.05, 0) is 43.5 Å². The maximum atomic E-state index is 12.4. The summed E-state index contributed by atoms with van der Waals surface area (Å²) in [6.07, 6.45) is 2.14. The first kappa shape index (κ1) is 19.3. The van der Waals surface area contributed by atoms with Gasteiger partial charge in [0.05, 0.1) is 0 Å². The molecule has 0 radical (unpaired) electrons. The highest BCUT2D eigenvalue weighted by atomic mass is 35.5. The normalized spacial score (nSPS) is 17.4. The van der Waals surface area contributed by atoms with E-state index in [9.17, 15) is 4.79 Å². The lowest BCUT2D eigenvalue weighted by molar-refractivity contribution is -0.125. The second-order valence-electron chi connectivity index (χ2n) is 6.75. The standard InChI is InChI=1S/C17H24N6O.ClH/c1-13(16(24)19-12-17(2)8-10-18-11-9-17)23-21-15(20-22-23)14-6-4-3-5-7-14;/h3-7,13,18H,8-12H2,1-2H3,(H,19,24);1H. The quantitative estimate of drug-likeness (QED) is 0.845. The fourth-order valence-corrected chi connectivity index (χ4v) is 2.85. The van der Waals surface area contributed by atoms with Gasteiger partial charge in [0.2, 0.25) is 11.7 Å². The minimum absolute atomic E-state index is 0. The third-order valence-electron chi connectivity index (χ3n) is 4.69. The van der Waals surface area contributed by atoms with Gasteiger partial charge in [-0.3, -0.25) is 4.79 Å². The Morgan fingerprint density at radius 3 is 2.68 bits per heavy atom. The second kappa shape index (κ2) is 8.40. The molecular formula is C17H25ClN6O. The van der Waals surface area contributed by atoms with Crippen LogP contribution in [0.25, 0.3) is 11.4 Å². The Balaban J connectivity index is 0.00000225. The van der Waals surface area contributed by atoms with Crippen LogP contribution in [0.3, 0.4) is 0 Å². The van der Waals surface area contributed by atoms with Crippen LogP contribution in [0.5, 0.6) is 0 Å². The molecule has 7 nitrogen and oxygen atoms in total. The van der Waals surface area contributed by atoms with Gasteiger partial charge >= 0.3 is 0 Å². The van der Waals surface area contributed by atoms with E-state index in [2.05, 4.69) is 33.0 Å². The Hall–Kier alpha value is -1.99. The molecule has 8 heteroatoms. The predicted molar refractivity (Wildman–Crippen MR) is 98.4 cm³/mol. The number of hydrogen-bond donors (Lipinski definition) is 2. The Morgan fingerprint density at radius 2 is 2.00 bits per heavy atom. The summed E-state index contributed by atoms with van der Waals surface area (Å²) < 4.78 is 0. The maximum Gasteiger partial charge on any atom is 0.246 e. The van der Waals surface area contributed by atoms with Gasteiger partial charge in [0, 0.05) is 12.1 Å². The number of piperidine rings is 1. The lowest BCUT2D eigenvalue weighted by Crippen LogP contribution is -2.44. The van der Waals surface area contributed by atoms with Crippen LogP contribution in [0.4, 0.5) is 0 Å². The van der Waals surface area contributed by atoms with E-state index in [1.165, 1.54) is 4.80 Å². The van der Waals surface area contributed by atoms with E-state index >= 15 is 0 Å². The summed E-state index contributed by atoms with van der Waals surface area (Å²) in [5, 5.41) is 18.8. The van der Waals surface area contributed by atoms with E-state index in [-0.39, 0.29) is 23.7 Å². The van der Waals surface area contributed by atoms with Crippen molar-refractivity contribution in [2.24, 2.45) is 5.41 Å². The van der Waals surface area contributed by atoms with Crippen LogP contribution < -0.4 is 10.6 Å². The van der Waals surface area contributed by atoms with Crippen molar-refractivity contribution in [2.75, 3.05) is 19.6 Å². The fraction of sp³-hybridized carbons (Fsp3) is 0.529. The number of rotatable bonds is 5. The number of benzene rings is 1. The number of amides is 1. The SMILES string of the molecule is CC(C(=O)NCC1(C)CCNCC1)n1nnc(-c2ccccc2)n1.Cl. The number of hydrogen-bond acceptors (Lipinski definition) is 5. The summed E-state index contributed by atoms with van der Waals surface area (Å²) in [7, 11) is 0. The number of carbonyl (C=O) groups excluding carboxylic acids is 1. The van der Waals surface area contributed by atoms with Crippen LogP contribution in [0, 0.1) is 5.41 Å². The molecule has 3 rings (SSSR count). The van der Waals surface area contributed by atoms with Gasteiger partial charge in [-0.25, -0.2) is 0 Å². The summed E-state index contributed by atoms with van der Waals surface area (Å²) >= 11 is 0.